The summed E-state index contributed by atoms with van der Waals surface area (Å²) in [6.45, 7) is 2.07. The van der Waals surface area contributed by atoms with Crippen LogP contribution in [0.1, 0.15) is 13.3 Å². The zero-order chi connectivity index (χ0) is 13.2. The highest BCUT2D eigenvalue weighted by atomic mass is 79.9. The predicted molar refractivity (Wildman–Crippen MR) is 80.7 cm³/mol. The van der Waals surface area contributed by atoms with E-state index in [1.54, 1.807) is 19.5 Å². The Morgan fingerprint density at radius 2 is 2.39 bits per heavy atom. The minimum atomic E-state index is -0.260. The average Bonchev–Trinajstić information content (AvgIpc) is 2.36. The topological polar surface area (TPSA) is 63.1 Å². The molecule has 1 unspecified atom stereocenters. The van der Waals surface area contributed by atoms with E-state index >= 15 is 0 Å². The molecule has 1 atom stereocenters. The van der Waals surface area contributed by atoms with Gasteiger partial charge in [-0.25, -0.2) is 4.99 Å². The first-order valence-corrected chi connectivity index (χ1v) is 6.44. The minimum absolute atomic E-state index is 0.260. The Morgan fingerprint density at radius 3 is 3.06 bits per heavy atom. The second-order valence-corrected chi connectivity index (χ2v) is 5.28. The molecule has 18 heavy (non-hydrogen) atoms. The molecule has 1 heterocycles. The number of nitrogens with zero attached hydrogens (tertiary/aromatic N) is 3. The van der Waals surface area contributed by atoms with Crippen LogP contribution in [0.15, 0.2) is 49.1 Å². The van der Waals surface area contributed by atoms with Crippen LogP contribution in [-0.2, 0) is 0 Å². The van der Waals surface area contributed by atoms with Gasteiger partial charge in [0.1, 0.15) is 5.54 Å². The van der Waals surface area contributed by atoms with Crippen LogP contribution in [0.5, 0.6) is 0 Å². The first-order valence-electron chi connectivity index (χ1n) is 5.65. The van der Waals surface area contributed by atoms with Gasteiger partial charge in [0.15, 0.2) is 0 Å². The van der Waals surface area contributed by atoms with Gasteiger partial charge in [0.25, 0.3) is 0 Å². The third-order valence-electron chi connectivity index (χ3n) is 2.98. The summed E-state index contributed by atoms with van der Waals surface area (Å²) < 4.78 is 1.04. The predicted octanol–water partition coefficient (Wildman–Crippen LogP) is 2.38. The van der Waals surface area contributed by atoms with E-state index in [2.05, 4.69) is 43.9 Å². The molecule has 0 aromatic rings. The molecule has 2 rings (SSSR count). The van der Waals surface area contributed by atoms with E-state index in [-0.39, 0.29) is 5.54 Å². The van der Waals surface area contributed by atoms with Crippen molar-refractivity contribution in [2.24, 2.45) is 20.7 Å². The van der Waals surface area contributed by atoms with E-state index in [1.807, 2.05) is 6.08 Å². The number of aliphatic imine (C=N–C) groups is 3. The third-order valence-corrected chi connectivity index (χ3v) is 3.53. The van der Waals surface area contributed by atoms with Crippen LogP contribution in [0.4, 0.5) is 0 Å². The molecule has 0 saturated heterocycles. The molecule has 0 bridgehead atoms. The minimum Gasteiger partial charge on any atom is -0.404 e. The van der Waals surface area contributed by atoms with E-state index in [0.29, 0.717) is 0 Å². The number of nitrogens with two attached hydrogens (primary N) is 1. The zero-order valence-corrected chi connectivity index (χ0v) is 12.0. The number of rotatable bonds is 2. The summed E-state index contributed by atoms with van der Waals surface area (Å²) in [5, 5.41) is 0. The fourth-order valence-electron chi connectivity index (χ4n) is 1.85. The Balaban J connectivity index is 2.41. The third kappa shape index (κ3) is 2.36. The summed E-state index contributed by atoms with van der Waals surface area (Å²) in [6, 6.07) is 0. The first kappa shape index (κ1) is 13.0. The average molecular weight is 307 g/mol. The van der Waals surface area contributed by atoms with E-state index in [0.717, 1.165) is 27.9 Å². The van der Waals surface area contributed by atoms with Crippen LogP contribution in [0.25, 0.3) is 0 Å². The van der Waals surface area contributed by atoms with E-state index in [1.165, 1.54) is 6.20 Å². The first-order chi connectivity index (χ1) is 8.59. The van der Waals surface area contributed by atoms with Crippen molar-refractivity contribution in [3.63, 3.8) is 0 Å². The van der Waals surface area contributed by atoms with E-state index in [4.69, 9.17) is 5.73 Å². The zero-order valence-electron chi connectivity index (χ0n) is 10.4. The molecule has 0 saturated carbocycles. The van der Waals surface area contributed by atoms with Crippen molar-refractivity contribution in [1.82, 2.24) is 0 Å². The molecule has 1 aliphatic heterocycles. The van der Waals surface area contributed by atoms with Gasteiger partial charge in [0.05, 0.1) is 11.4 Å². The second-order valence-electron chi connectivity index (χ2n) is 4.36. The van der Waals surface area contributed by atoms with Gasteiger partial charge in [-0.05, 0) is 19.4 Å². The molecule has 0 fully saturated rings. The van der Waals surface area contributed by atoms with Crippen LogP contribution < -0.4 is 5.73 Å². The summed E-state index contributed by atoms with van der Waals surface area (Å²) in [5.74, 6) is 0. The maximum atomic E-state index is 5.58. The van der Waals surface area contributed by atoms with Crippen molar-refractivity contribution in [2.45, 2.75) is 18.9 Å². The molecular weight excluding hydrogens is 292 g/mol. The molecule has 0 spiro atoms. The van der Waals surface area contributed by atoms with Crippen molar-refractivity contribution >= 4 is 34.1 Å². The Kier molecular flexibility index (Phi) is 3.61. The van der Waals surface area contributed by atoms with E-state index in [9.17, 15) is 0 Å². The summed E-state index contributed by atoms with van der Waals surface area (Å²) in [6.07, 6.45) is 9.89. The highest BCUT2D eigenvalue weighted by molar-refractivity contribution is 9.11. The number of hydrogen-bond donors (Lipinski definition) is 1. The van der Waals surface area contributed by atoms with Gasteiger partial charge < -0.3 is 5.73 Å². The lowest BCUT2D eigenvalue weighted by molar-refractivity contribution is 0.549. The van der Waals surface area contributed by atoms with Gasteiger partial charge in [0.2, 0.25) is 0 Å². The summed E-state index contributed by atoms with van der Waals surface area (Å²) in [7, 11) is 1.70. The van der Waals surface area contributed by atoms with Crippen molar-refractivity contribution in [1.29, 1.82) is 0 Å². The lowest BCUT2D eigenvalue weighted by Crippen LogP contribution is -2.31. The largest absolute Gasteiger partial charge is 0.404 e. The van der Waals surface area contributed by atoms with Gasteiger partial charge in [0, 0.05) is 35.7 Å². The highest BCUT2D eigenvalue weighted by Gasteiger charge is 2.32. The molecule has 4 nitrogen and oxygen atoms in total. The molecule has 0 amide bonds. The number of allylic oxidation sites excluding steroid dienone is 3. The van der Waals surface area contributed by atoms with Crippen LogP contribution in [0.2, 0.25) is 0 Å². The molecule has 5 heteroatoms. The Bertz CT molecular complexity index is 537. The van der Waals surface area contributed by atoms with Crippen molar-refractivity contribution in [2.75, 3.05) is 7.05 Å². The maximum Gasteiger partial charge on any atom is 0.103 e. The standard InChI is InChI=1S/C13H15BrN4/c1-13-4-3-10(14)5-12(13)18-11(8-17-13)9(6-15)7-16-2/h3,5-8H,4,15H2,1-2H3. The molecule has 0 aromatic heterocycles. The van der Waals surface area contributed by atoms with Crippen LogP contribution >= 0.6 is 15.9 Å². The Hall–Kier alpha value is -1.49. The Labute approximate surface area is 115 Å². The number of halogens is 1. The number of fused-ring (bicyclic) bond motifs is 1. The molecule has 1 aliphatic carbocycles. The molecule has 2 N–H and O–H groups in total. The summed E-state index contributed by atoms with van der Waals surface area (Å²) in [4.78, 5) is 13.2. The summed E-state index contributed by atoms with van der Waals surface area (Å²) >= 11 is 3.48. The van der Waals surface area contributed by atoms with Crippen LogP contribution in [0, 0.1) is 0 Å². The molecule has 0 aromatic carbocycles. The van der Waals surface area contributed by atoms with Crippen molar-refractivity contribution in [3.05, 3.63) is 34.1 Å². The van der Waals surface area contributed by atoms with Gasteiger partial charge in [-0.2, -0.15) is 0 Å². The lowest BCUT2D eigenvalue weighted by Gasteiger charge is -2.30. The van der Waals surface area contributed by atoms with Crippen LogP contribution in [0.3, 0.4) is 0 Å². The lowest BCUT2D eigenvalue weighted by atomic mass is 9.89. The smallest absolute Gasteiger partial charge is 0.103 e. The fraction of sp³-hybridized carbons (Fsp3) is 0.308. The van der Waals surface area contributed by atoms with Gasteiger partial charge in [-0.1, -0.05) is 22.0 Å². The second kappa shape index (κ2) is 5.02. The molecular formula is C13H15BrN4. The highest BCUT2D eigenvalue weighted by Crippen LogP contribution is 2.35. The van der Waals surface area contributed by atoms with Gasteiger partial charge >= 0.3 is 0 Å². The number of hydrogen-bond acceptors (Lipinski definition) is 4. The monoisotopic (exact) mass is 306 g/mol. The normalized spacial score (nSPS) is 27.7. The van der Waals surface area contributed by atoms with Crippen LogP contribution in [-0.4, -0.2) is 30.7 Å². The molecule has 0 radical (unpaired) electrons. The summed E-state index contributed by atoms with van der Waals surface area (Å²) in [5.41, 5.74) is 7.78. The SMILES string of the molecule is CN=CC(=CN)C1=NC2=CC(Br)=CCC2(C)N=C1. The fourth-order valence-corrected chi connectivity index (χ4v) is 2.23. The van der Waals surface area contributed by atoms with Gasteiger partial charge in [-0.3, -0.25) is 9.98 Å². The maximum absolute atomic E-state index is 5.58. The van der Waals surface area contributed by atoms with Crippen molar-refractivity contribution < 1.29 is 0 Å². The quantitative estimate of drug-likeness (QED) is 0.782. The van der Waals surface area contributed by atoms with Crippen molar-refractivity contribution in [3.8, 4) is 0 Å². The van der Waals surface area contributed by atoms with Gasteiger partial charge in [-0.15, -0.1) is 0 Å². The molecule has 94 valence electrons. The molecule has 2 aliphatic rings. The Morgan fingerprint density at radius 1 is 1.61 bits per heavy atom. The van der Waals surface area contributed by atoms with E-state index < -0.39 is 0 Å².